The second kappa shape index (κ2) is 14.7. The van der Waals surface area contributed by atoms with E-state index in [1.165, 1.54) is 19.3 Å². The van der Waals surface area contributed by atoms with Gasteiger partial charge in [-0.3, -0.25) is 0 Å². The van der Waals surface area contributed by atoms with Gasteiger partial charge in [-0.05, 0) is 5.92 Å². The molecule has 11 heavy (non-hydrogen) atoms. The molecule has 0 aliphatic heterocycles. The average Bonchev–Trinajstić information content (AvgIpc) is 1.88. The Balaban J connectivity index is -0.000000320. The minimum Gasteiger partial charge on any atom is -0.343 e. The fourth-order valence-electron chi connectivity index (χ4n) is 1.13. The van der Waals surface area contributed by atoms with E-state index in [1.54, 1.807) is 0 Å². The van der Waals surface area contributed by atoms with Crippen molar-refractivity contribution in [3.63, 3.8) is 0 Å². The summed E-state index contributed by atoms with van der Waals surface area (Å²) < 4.78 is 0. The van der Waals surface area contributed by atoms with Crippen molar-refractivity contribution in [1.82, 2.24) is 0 Å². The molecular weight excluding hydrogens is 286 g/mol. The Morgan fingerprint density at radius 3 is 1.55 bits per heavy atom. The van der Waals surface area contributed by atoms with E-state index in [-0.39, 0.29) is 65.4 Å². The van der Waals surface area contributed by atoms with Crippen LogP contribution in [0.1, 0.15) is 39.0 Å². The molecule has 0 rings (SSSR count). The van der Waals surface area contributed by atoms with Crippen LogP contribution in [0.3, 0.4) is 0 Å². The van der Waals surface area contributed by atoms with Crippen LogP contribution >= 0.6 is 0 Å². The maximum Gasteiger partial charge on any atom is 0 e. The zero-order valence-corrected chi connectivity index (χ0v) is 13.4. The maximum atomic E-state index is 3.84. The van der Waals surface area contributed by atoms with Gasteiger partial charge in [-0.1, -0.05) is 26.2 Å². The standard InChI is InChI=1S/C9H18.2Y/c1-4-7-9(6-3)8-5-2;;/h9H,1-2,4-8H2,3H3;;/q-2;;. The molecule has 2 heteroatoms. The molecular formula is C9H18Y2-2. The number of hydrogen-bond acceptors (Lipinski definition) is 0. The van der Waals surface area contributed by atoms with Gasteiger partial charge in [0.1, 0.15) is 0 Å². The molecule has 0 fully saturated rings. The third-order valence-electron chi connectivity index (χ3n) is 1.80. The first-order chi connectivity index (χ1) is 4.35. The van der Waals surface area contributed by atoms with E-state index in [0.717, 1.165) is 18.8 Å². The zero-order chi connectivity index (χ0) is 7.11. The van der Waals surface area contributed by atoms with Crippen LogP contribution in [0.25, 0.3) is 0 Å². The van der Waals surface area contributed by atoms with E-state index in [9.17, 15) is 0 Å². The zero-order valence-electron chi connectivity index (χ0n) is 7.68. The van der Waals surface area contributed by atoms with Crippen LogP contribution in [-0.4, -0.2) is 0 Å². The first kappa shape index (κ1) is 18.9. The molecule has 0 aliphatic carbocycles. The predicted molar refractivity (Wildman–Crippen MR) is 43.0 cm³/mol. The van der Waals surface area contributed by atoms with Crippen molar-refractivity contribution in [3.8, 4) is 0 Å². The fourth-order valence-corrected chi connectivity index (χ4v) is 1.13. The topological polar surface area (TPSA) is 0 Å². The molecule has 0 aromatic rings. The monoisotopic (exact) mass is 304 g/mol. The molecule has 0 aromatic heterocycles. The van der Waals surface area contributed by atoms with Crippen molar-refractivity contribution in [2.24, 2.45) is 5.92 Å². The molecule has 0 N–H and O–H groups in total. The Labute approximate surface area is 122 Å². The van der Waals surface area contributed by atoms with Crippen LogP contribution < -0.4 is 0 Å². The van der Waals surface area contributed by atoms with Crippen LogP contribution in [0.2, 0.25) is 0 Å². The minimum atomic E-state index is 0. The van der Waals surface area contributed by atoms with E-state index in [2.05, 4.69) is 20.8 Å². The third-order valence-corrected chi connectivity index (χ3v) is 1.80. The first-order valence-corrected chi connectivity index (χ1v) is 3.93. The van der Waals surface area contributed by atoms with Crippen molar-refractivity contribution in [2.75, 3.05) is 0 Å². The van der Waals surface area contributed by atoms with Gasteiger partial charge in [0.05, 0.1) is 0 Å². The van der Waals surface area contributed by atoms with Gasteiger partial charge in [-0.2, -0.15) is 12.8 Å². The Bertz CT molecular complexity index is 49.5. The summed E-state index contributed by atoms with van der Waals surface area (Å²) in [5, 5.41) is 0. The van der Waals surface area contributed by atoms with Gasteiger partial charge < -0.3 is 13.8 Å². The molecule has 0 aliphatic rings. The van der Waals surface area contributed by atoms with Crippen molar-refractivity contribution in [1.29, 1.82) is 0 Å². The second-order valence-electron chi connectivity index (χ2n) is 2.56. The summed E-state index contributed by atoms with van der Waals surface area (Å²) >= 11 is 0. The predicted octanol–water partition coefficient (Wildman–Crippen LogP) is 3.24. The van der Waals surface area contributed by atoms with Crippen molar-refractivity contribution in [3.05, 3.63) is 13.8 Å². The smallest absolute Gasteiger partial charge is 0 e. The molecule has 0 amide bonds. The van der Waals surface area contributed by atoms with Crippen LogP contribution in [0.4, 0.5) is 0 Å². The summed E-state index contributed by atoms with van der Waals surface area (Å²) in [6.45, 7) is 9.92. The van der Waals surface area contributed by atoms with Crippen LogP contribution in [0.5, 0.6) is 0 Å². The third kappa shape index (κ3) is 12.2. The first-order valence-electron chi connectivity index (χ1n) is 3.93. The molecule has 0 saturated carbocycles. The minimum absolute atomic E-state index is 0. The number of hydrogen-bond donors (Lipinski definition) is 0. The summed E-state index contributed by atoms with van der Waals surface area (Å²) in [6, 6.07) is 0. The van der Waals surface area contributed by atoms with Crippen LogP contribution in [-0.2, 0) is 65.4 Å². The quantitative estimate of drug-likeness (QED) is 0.684. The molecule has 0 bridgehead atoms. The van der Waals surface area contributed by atoms with E-state index < -0.39 is 0 Å². The van der Waals surface area contributed by atoms with Crippen LogP contribution in [0.15, 0.2) is 0 Å². The Morgan fingerprint density at radius 2 is 1.36 bits per heavy atom. The Hall–Kier alpha value is 2.21. The van der Waals surface area contributed by atoms with Gasteiger partial charge in [0.2, 0.25) is 0 Å². The second-order valence-corrected chi connectivity index (χ2v) is 2.56. The van der Waals surface area contributed by atoms with Gasteiger partial charge in [0.15, 0.2) is 0 Å². The molecule has 0 heterocycles. The summed E-state index contributed by atoms with van der Waals surface area (Å²) in [5.74, 6) is 0.889. The van der Waals surface area contributed by atoms with E-state index in [4.69, 9.17) is 0 Å². The van der Waals surface area contributed by atoms with Crippen molar-refractivity contribution < 1.29 is 65.4 Å². The largest absolute Gasteiger partial charge is 0.343 e. The van der Waals surface area contributed by atoms with E-state index in [1.807, 2.05) is 0 Å². The van der Waals surface area contributed by atoms with Crippen LogP contribution in [0, 0.1) is 19.8 Å². The average molecular weight is 304 g/mol. The molecule has 0 spiro atoms. The molecule has 0 aromatic carbocycles. The molecule has 62 valence electrons. The molecule has 2 radical (unpaired) electrons. The SMILES string of the molecule is [CH2-]CCC(CC)CC[CH2-].[Y].[Y]. The van der Waals surface area contributed by atoms with Crippen molar-refractivity contribution >= 4 is 0 Å². The summed E-state index contributed by atoms with van der Waals surface area (Å²) in [4.78, 5) is 0. The normalized spacial score (nSPS) is 8.73. The van der Waals surface area contributed by atoms with Gasteiger partial charge in [-0.25, -0.2) is 0 Å². The van der Waals surface area contributed by atoms with Gasteiger partial charge in [-0.15, -0.1) is 0 Å². The summed E-state index contributed by atoms with van der Waals surface area (Å²) in [5.41, 5.74) is 0. The van der Waals surface area contributed by atoms with E-state index in [0.29, 0.717) is 0 Å². The molecule has 0 nitrogen and oxygen atoms in total. The molecule has 0 atom stereocenters. The summed E-state index contributed by atoms with van der Waals surface area (Å²) in [6.07, 6.45) is 6.03. The Morgan fingerprint density at radius 1 is 1.00 bits per heavy atom. The van der Waals surface area contributed by atoms with Gasteiger partial charge in [0, 0.05) is 65.4 Å². The van der Waals surface area contributed by atoms with Crippen molar-refractivity contribution in [2.45, 2.75) is 39.0 Å². The van der Waals surface area contributed by atoms with Gasteiger partial charge in [0.25, 0.3) is 0 Å². The van der Waals surface area contributed by atoms with E-state index >= 15 is 0 Å². The van der Waals surface area contributed by atoms with Gasteiger partial charge >= 0.3 is 0 Å². The molecule has 0 unspecified atom stereocenters. The Kier molecular flexibility index (Phi) is 25.3. The number of rotatable bonds is 5. The molecule has 0 saturated heterocycles. The fraction of sp³-hybridized carbons (Fsp3) is 0.778. The summed E-state index contributed by atoms with van der Waals surface area (Å²) in [7, 11) is 0. The maximum absolute atomic E-state index is 3.84.